The van der Waals surface area contributed by atoms with Crippen molar-refractivity contribution in [1.29, 1.82) is 0 Å². The molecule has 0 amide bonds. The molecule has 5 heteroatoms. The van der Waals surface area contributed by atoms with Crippen LogP contribution in [0.1, 0.15) is 25.7 Å². The van der Waals surface area contributed by atoms with E-state index in [2.05, 4.69) is 0 Å². The summed E-state index contributed by atoms with van der Waals surface area (Å²) >= 11 is 1.61. The number of sulfone groups is 1. The molecule has 15 heavy (non-hydrogen) atoms. The van der Waals surface area contributed by atoms with Crippen LogP contribution in [-0.2, 0) is 14.6 Å². The monoisotopic (exact) mass is 248 g/mol. The van der Waals surface area contributed by atoms with Gasteiger partial charge >= 0.3 is 0 Å². The van der Waals surface area contributed by atoms with Gasteiger partial charge in [0, 0.05) is 5.92 Å². The molecule has 0 spiro atoms. The molecule has 3 nitrogen and oxygen atoms in total. The standard InChI is InChI=1S/C10H16O3S2/c1-14-10(4-2-5-10)9(11)8-3-6-15(12,13)7-8/h8H,2-7H2,1H3. The molecular weight excluding hydrogens is 232 g/mol. The van der Waals surface area contributed by atoms with Gasteiger partial charge in [0.1, 0.15) is 0 Å². The molecule has 2 rings (SSSR count). The summed E-state index contributed by atoms with van der Waals surface area (Å²) in [5.41, 5.74) is 0. The lowest BCUT2D eigenvalue weighted by Crippen LogP contribution is -2.45. The highest BCUT2D eigenvalue weighted by molar-refractivity contribution is 8.00. The van der Waals surface area contributed by atoms with E-state index < -0.39 is 9.84 Å². The van der Waals surface area contributed by atoms with E-state index in [4.69, 9.17) is 0 Å². The van der Waals surface area contributed by atoms with Crippen LogP contribution in [0.25, 0.3) is 0 Å². The van der Waals surface area contributed by atoms with Crippen LogP contribution in [-0.4, -0.2) is 36.7 Å². The second-order valence-electron chi connectivity index (χ2n) is 4.52. The lowest BCUT2D eigenvalue weighted by atomic mass is 9.76. The minimum atomic E-state index is -2.92. The predicted molar refractivity (Wildman–Crippen MR) is 61.9 cm³/mol. The first-order valence-electron chi connectivity index (χ1n) is 5.29. The molecule has 0 bridgehead atoms. The van der Waals surface area contributed by atoms with Crippen LogP contribution >= 0.6 is 11.8 Å². The number of thioether (sulfide) groups is 1. The van der Waals surface area contributed by atoms with Crippen molar-refractivity contribution in [3.8, 4) is 0 Å². The molecule has 86 valence electrons. The van der Waals surface area contributed by atoms with E-state index in [9.17, 15) is 13.2 Å². The summed E-state index contributed by atoms with van der Waals surface area (Å²) in [6, 6.07) is 0. The van der Waals surface area contributed by atoms with Crippen molar-refractivity contribution in [3.63, 3.8) is 0 Å². The van der Waals surface area contributed by atoms with Crippen LogP contribution in [0.5, 0.6) is 0 Å². The fraction of sp³-hybridized carbons (Fsp3) is 0.900. The van der Waals surface area contributed by atoms with E-state index in [0.29, 0.717) is 6.42 Å². The van der Waals surface area contributed by atoms with E-state index >= 15 is 0 Å². The third-order valence-corrected chi connectivity index (χ3v) is 6.76. The Morgan fingerprint density at radius 1 is 1.40 bits per heavy atom. The zero-order valence-electron chi connectivity index (χ0n) is 8.86. The molecule has 2 aliphatic rings. The molecule has 0 aromatic carbocycles. The van der Waals surface area contributed by atoms with E-state index in [1.54, 1.807) is 11.8 Å². The van der Waals surface area contributed by atoms with Crippen molar-refractivity contribution in [2.75, 3.05) is 17.8 Å². The van der Waals surface area contributed by atoms with Crippen LogP contribution in [0.2, 0.25) is 0 Å². The van der Waals surface area contributed by atoms with E-state index in [1.165, 1.54) is 0 Å². The average molecular weight is 248 g/mol. The van der Waals surface area contributed by atoms with Crippen LogP contribution in [0.3, 0.4) is 0 Å². The topological polar surface area (TPSA) is 51.2 Å². The molecule has 0 aromatic heterocycles. The van der Waals surface area contributed by atoms with E-state index in [-0.39, 0.29) is 28.0 Å². The Hall–Kier alpha value is -0.0300. The van der Waals surface area contributed by atoms with E-state index in [0.717, 1.165) is 19.3 Å². The second kappa shape index (κ2) is 3.77. The fourth-order valence-corrected chi connectivity index (χ4v) is 5.23. The first-order valence-corrected chi connectivity index (χ1v) is 8.34. The largest absolute Gasteiger partial charge is 0.298 e. The predicted octanol–water partition coefficient (Wildman–Crippen LogP) is 1.28. The third-order valence-electron chi connectivity index (χ3n) is 3.60. The zero-order chi connectivity index (χ0) is 11.1. The van der Waals surface area contributed by atoms with Crippen molar-refractivity contribution >= 4 is 27.4 Å². The van der Waals surface area contributed by atoms with Crippen LogP contribution in [0.15, 0.2) is 0 Å². The second-order valence-corrected chi connectivity index (χ2v) is 7.93. The van der Waals surface area contributed by atoms with Crippen LogP contribution in [0.4, 0.5) is 0 Å². The highest BCUT2D eigenvalue weighted by Gasteiger charge is 2.48. The summed E-state index contributed by atoms with van der Waals surface area (Å²) in [6.45, 7) is 0. The van der Waals surface area contributed by atoms with Gasteiger partial charge in [-0.3, -0.25) is 4.79 Å². The van der Waals surface area contributed by atoms with Gasteiger partial charge in [-0.1, -0.05) is 0 Å². The third kappa shape index (κ3) is 1.96. The van der Waals surface area contributed by atoms with Crippen molar-refractivity contribution in [3.05, 3.63) is 0 Å². The van der Waals surface area contributed by atoms with Crippen molar-refractivity contribution in [2.24, 2.45) is 5.92 Å². The smallest absolute Gasteiger partial charge is 0.152 e. The van der Waals surface area contributed by atoms with Crippen molar-refractivity contribution < 1.29 is 13.2 Å². The molecule has 1 aliphatic carbocycles. The minimum absolute atomic E-state index is 0.0914. The average Bonchev–Trinajstić information content (AvgIpc) is 2.45. The number of Topliss-reactive ketones (excluding diaryl/α,β-unsaturated/α-hetero) is 1. The molecule has 0 N–H and O–H groups in total. The molecule has 2 fully saturated rings. The van der Waals surface area contributed by atoms with Crippen molar-refractivity contribution in [2.45, 2.75) is 30.4 Å². The summed E-state index contributed by atoms with van der Waals surface area (Å²) in [7, 11) is -2.92. The summed E-state index contributed by atoms with van der Waals surface area (Å²) in [5, 5.41) is 0. The summed E-state index contributed by atoms with van der Waals surface area (Å²) in [4.78, 5) is 12.2. The van der Waals surface area contributed by atoms with Gasteiger partial charge in [-0.15, -0.1) is 0 Å². The molecular formula is C10H16O3S2. The Labute approximate surface area is 94.9 Å². The number of carbonyl (C=O) groups is 1. The number of ketones is 1. The first kappa shape index (κ1) is 11.5. The van der Waals surface area contributed by atoms with Crippen molar-refractivity contribution in [1.82, 2.24) is 0 Å². The molecule has 1 aliphatic heterocycles. The molecule has 1 heterocycles. The molecule has 0 radical (unpaired) electrons. The Bertz CT molecular complexity index is 363. The van der Waals surface area contributed by atoms with Gasteiger partial charge in [0.05, 0.1) is 16.3 Å². The van der Waals surface area contributed by atoms with E-state index in [1.807, 2.05) is 6.26 Å². The Balaban J connectivity index is 2.09. The minimum Gasteiger partial charge on any atom is -0.298 e. The molecule has 0 aromatic rings. The molecule has 1 saturated heterocycles. The number of hydrogen-bond acceptors (Lipinski definition) is 4. The summed E-state index contributed by atoms with van der Waals surface area (Å²) < 4.78 is 22.4. The van der Waals surface area contributed by atoms with Crippen LogP contribution < -0.4 is 0 Å². The van der Waals surface area contributed by atoms with Gasteiger partial charge in [0.15, 0.2) is 15.6 Å². The highest BCUT2D eigenvalue weighted by Crippen LogP contribution is 2.46. The van der Waals surface area contributed by atoms with Gasteiger partial charge in [0.2, 0.25) is 0 Å². The van der Waals surface area contributed by atoms with Gasteiger partial charge in [-0.2, -0.15) is 11.8 Å². The maximum absolute atomic E-state index is 12.2. The maximum atomic E-state index is 12.2. The maximum Gasteiger partial charge on any atom is 0.152 e. The normalized spacial score (nSPS) is 32.2. The quantitative estimate of drug-likeness (QED) is 0.755. The highest BCUT2D eigenvalue weighted by atomic mass is 32.2. The summed E-state index contributed by atoms with van der Waals surface area (Å²) in [5.74, 6) is 0.271. The molecule has 1 unspecified atom stereocenters. The summed E-state index contributed by atoms with van der Waals surface area (Å²) in [6.07, 6.45) is 5.48. The molecule has 1 atom stereocenters. The van der Waals surface area contributed by atoms with Gasteiger partial charge in [0.25, 0.3) is 0 Å². The zero-order valence-corrected chi connectivity index (χ0v) is 10.5. The lowest BCUT2D eigenvalue weighted by molar-refractivity contribution is -0.126. The Morgan fingerprint density at radius 3 is 2.40 bits per heavy atom. The first-order chi connectivity index (χ1) is 6.99. The Morgan fingerprint density at radius 2 is 2.07 bits per heavy atom. The lowest BCUT2D eigenvalue weighted by Gasteiger charge is -2.40. The Kier molecular flexibility index (Phi) is 2.88. The molecule has 1 saturated carbocycles. The van der Waals surface area contributed by atoms with Gasteiger partial charge in [-0.25, -0.2) is 8.42 Å². The SMILES string of the molecule is CSC1(C(=O)C2CCS(=O)(=O)C2)CCC1. The van der Waals surface area contributed by atoms with Gasteiger partial charge < -0.3 is 0 Å². The van der Waals surface area contributed by atoms with Crippen LogP contribution in [0, 0.1) is 5.92 Å². The fourth-order valence-electron chi connectivity index (χ4n) is 2.42. The number of hydrogen-bond donors (Lipinski definition) is 0. The number of carbonyl (C=O) groups excluding carboxylic acids is 1. The number of rotatable bonds is 3. The van der Waals surface area contributed by atoms with Gasteiger partial charge in [-0.05, 0) is 31.9 Å².